The number of benzene rings is 1. The molecule has 3 nitrogen and oxygen atoms in total. The Labute approximate surface area is 99.1 Å². The lowest BCUT2D eigenvalue weighted by Gasteiger charge is -2.22. The molecule has 0 heterocycles. The van der Waals surface area contributed by atoms with E-state index in [1.165, 1.54) is 6.92 Å². The summed E-state index contributed by atoms with van der Waals surface area (Å²) in [5, 5.41) is -1.12. The predicted octanol–water partition coefficient (Wildman–Crippen LogP) is 2.73. The normalized spacial score (nSPS) is 16.0. The van der Waals surface area contributed by atoms with Crippen LogP contribution in [0.3, 0.4) is 0 Å². The molecule has 0 aliphatic carbocycles. The smallest absolute Gasteiger partial charge is 0.243 e. The Kier molecular flexibility index (Phi) is 3.66. The first kappa shape index (κ1) is 12.8. The zero-order chi connectivity index (χ0) is 11.7. The molecule has 1 aromatic rings. The van der Waals surface area contributed by atoms with Crippen LogP contribution >= 0.6 is 23.2 Å². The van der Waals surface area contributed by atoms with Crippen molar-refractivity contribution >= 4 is 33.3 Å². The van der Waals surface area contributed by atoms with Crippen molar-refractivity contribution in [1.29, 1.82) is 0 Å². The maximum atomic E-state index is 11.0. The maximum absolute atomic E-state index is 11.0. The summed E-state index contributed by atoms with van der Waals surface area (Å²) < 4.78 is 26.7. The molecule has 0 radical (unpaired) electrons. The van der Waals surface area contributed by atoms with Crippen LogP contribution < -0.4 is 0 Å². The van der Waals surface area contributed by atoms with Gasteiger partial charge >= 0.3 is 0 Å². The summed E-state index contributed by atoms with van der Waals surface area (Å²) in [7, 11) is -3.64. The van der Waals surface area contributed by atoms with Gasteiger partial charge in [0.05, 0.1) is 6.26 Å². The van der Waals surface area contributed by atoms with Crippen molar-refractivity contribution in [2.24, 2.45) is 0 Å². The topological polar surface area (TPSA) is 43.4 Å². The lowest BCUT2D eigenvalue weighted by molar-refractivity contribution is 0.190. The van der Waals surface area contributed by atoms with E-state index < -0.39 is 15.2 Å². The van der Waals surface area contributed by atoms with Crippen LogP contribution in [-0.2, 0) is 19.4 Å². The highest BCUT2D eigenvalue weighted by molar-refractivity contribution is 7.86. The van der Waals surface area contributed by atoms with Gasteiger partial charge in [-0.15, -0.1) is 0 Å². The monoisotopic (exact) mass is 268 g/mol. The second kappa shape index (κ2) is 4.29. The molecule has 15 heavy (non-hydrogen) atoms. The average Bonchev–Trinajstić information content (AvgIpc) is 1.99. The van der Waals surface area contributed by atoms with Gasteiger partial charge in [-0.1, -0.05) is 41.4 Å². The third-order valence-electron chi connectivity index (χ3n) is 1.66. The highest BCUT2D eigenvalue weighted by atomic mass is 35.5. The Balaban J connectivity index is 3.12. The minimum absolute atomic E-state index is 0.360. The van der Waals surface area contributed by atoms with Crippen molar-refractivity contribution in [3.05, 3.63) is 34.9 Å². The van der Waals surface area contributed by atoms with Gasteiger partial charge in [0, 0.05) is 10.6 Å². The minimum Gasteiger partial charge on any atom is -0.243 e. The Hall–Kier alpha value is -0.290. The number of rotatable bonds is 3. The molecular formula is C9H10Cl2O3S. The first-order valence-corrected chi connectivity index (χ1v) is 6.64. The summed E-state index contributed by atoms with van der Waals surface area (Å²) in [5.41, 5.74) is 0.416. The summed E-state index contributed by atoms with van der Waals surface area (Å²) in [4.78, 5) is 0. The van der Waals surface area contributed by atoms with Gasteiger partial charge in [-0.2, -0.15) is 8.42 Å². The standard InChI is InChI=1S/C9H10Cl2O3S/c1-9(11,14-15(2,12)13)7-5-3-4-6-8(7)10/h3-6H,1-2H3. The lowest BCUT2D eigenvalue weighted by atomic mass is 10.1. The van der Waals surface area contributed by atoms with Crippen molar-refractivity contribution in [3.8, 4) is 0 Å². The first-order valence-electron chi connectivity index (χ1n) is 4.07. The van der Waals surface area contributed by atoms with Crippen molar-refractivity contribution < 1.29 is 12.6 Å². The second-order valence-electron chi connectivity index (χ2n) is 3.18. The summed E-state index contributed by atoms with van der Waals surface area (Å²) in [6.07, 6.45) is 0.935. The summed E-state index contributed by atoms with van der Waals surface area (Å²) in [6.45, 7) is 1.43. The van der Waals surface area contributed by atoms with E-state index in [4.69, 9.17) is 27.4 Å². The Morgan fingerprint density at radius 3 is 2.33 bits per heavy atom. The highest BCUT2D eigenvalue weighted by Gasteiger charge is 2.31. The molecule has 0 aromatic heterocycles. The van der Waals surface area contributed by atoms with Crippen LogP contribution in [0.2, 0.25) is 5.02 Å². The number of hydrogen-bond acceptors (Lipinski definition) is 3. The molecule has 0 N–H and O–H groups in total. The first-order chi connectivity index (χ1) is 6.72. The second-order valence-corrected chi connectivity index (χ2v) is 5.89. The quantitative estimate of drug-likeness (QED) is 0.626. The molecule has 1 atom stereocenters. The van der Waals surface area contributed by atoms with E-state index in [1.807, 2.05) is 0 Å². The van der Waals surface area contributed by atoms with Crippen molar-refractivity contribution in [2.75, 3.05) is 6.26 Å². The molecule has 0 saturated heterocycles. The van der Waals surface area contributed by atoms with Gasteiger partial charge in [0.15, 0.2) is 5.06 Å². The van der Waals surface area contributed by atoms with Crippen LogP contribution in [0.1, 0.15) is 12.5 Å². The summed E-state index contributed by atoms with van der Waals surface area (Å²) >= 11 is 11.8. The van der Waals surface area contributed by atoms with Gasteiger partial charge in [0.25, 0.3) is 10.1 Å². The van der Waals surface area contributed by atoms with Gasteiger partial charge in [-0.25, -0.2) is 4.18 Å². The molecule has 0 saturated carbocycles. The molecule has 0 aliphatic heterocycles. The van der Waals surface area contributed by atoms with Crippen LogP contribution in [0.5, 0.6) is 0 Å². The van der Waals surface area contributed by atoms with Crippen LogP contribution in [-0.4, -0.2) is 14.7 Å². The number of hydrogen-bond donors (Lipinski definition) is 0. The fraction of sp³-hybridized carbons (Fsp3) is 0.333. The molecule has 6 heteroatoms. The SMILES string of the molecule is CC(Cl)(OS(C)(=O)=O)c1ccccc1Cl. The van der Waals surface area contributed by atoms with E-state index >= 15 is 0 Å². The third kappa shape index (κ3) is 3.65. The zero-order valence-corrected chi connectivity index (χ0v) is 10.5. The summed E-state index contributed by atoms with van der Waals surface area (Å²) in [5.74, 6) is 0. The molecule has 1 unspecified atom stereocenters. The van der Waals surface area contributed by atoms with Crippen molar-refractivity contribution in [1.82, 2.24) is 0 Å². The van der Waals surface area contributed by atoms with E-state index in [-0.39, 0.29) is 0 Å². The fourth-order valence-corrected chi connectivity index (χ4v) is 2.68. The average molecular weight is 269 g/mol. The molecule has 0 aliphatic rings. The molecule has 0 fully saturated rings. The van der Waals surface area contributed by atoms with Crippen LogP contribution in [0.15, 0.2) is 24.3 Å². The van der Waals surface area contributed by atoms with Crippen LogP contribution in [0.4, 0.5) is 0 Å². The van der Waals surface area contributed by atoms with Crippen LogP contribution in [0.25, 0.3) is 0 Å². The van der Waals surface area contributed by atoms with E-state index in [0.29, 0.717) is 10.6 Å². The molecule has 0 bridgehead atoms. The molecular weight excluding hydrogens is 259 g/mol. The van der Waals surface area contributed by atoms with E-state index in [0.717, 1.165) is 6.26 Å². The Bertz CT molecular complexity index is 454. The largest absolute Gasteiger partial charge is 0.266 e. The van der Waals surface area contributed by atoms with E-state index in [9.17, 15) is 8.42 Å². The number of alkyl halides is 1. The summed E-state index contributed by atoms with van der Waals surface area (Å²) in [6, 6.07) is 6.65. The molecule has 1 rings (SSSR count). The third-order valence-corrected chi connectivity index (χ3v) is 3.00. The van der Waals surface area contributed by atoms with Crippen molar-refractivity contribution in [3.63, 3.8) is 0 Å². The molecule has 1 aromatic carbocycles. The maximum Gasteiger partial charge on any atom is 0.266 e. The zero-order valence-electron chi connectivity index (χ0n) is 8.20. The van der Waals surface area contributed by atoms with Crippen LogP contribution in [0, 0.1) is 0 Å². The van der Waals surface area contributed by atoms with Gasteiger partial charge in [-0.05, 0) is 13.0 Å². The molecule has 0 amide bonds. The Morgan fingerprint density at radius 2 is 1.87 bits per heavy atom. The Morgan fingerprint density at radius 1 is 1.33 bits per heavy atom. The van der Waals surface area contributed by atoms with Gasteiger partial charge in [0.1, 0.15) is 0 Å². The van der Waals surface area contributed by atoms with E-state index in [1.54, 1.807) is 24.3 Å². The van der Waals surface area contributed by atoms with Gasteiger partial charge in [0.2, 0.25) is 0 Å². The molecule has 0 spiro atoms. The predicted molar refractivity (Wildman–Crippen MR) is 60.6 cm³/mol. The van der Waals surface area contributed by atoms with Crippen molar-refractivity contribution in [2.45, 2.75) is 12.0 Å². The van der Waals surface area contributed by atoms with Gasteiger partial charge < -0.3 is 0 Å². The molecule has 84 valence electrons. The van der Waals surface area contributed by atoms with E-state index in [2.05, 4.69) is 0 Å². The fourth-order valence-electron chi connectivity index (χ4n) is 1.15. The highest BCUT2D eigenvalue weighted by Crippen LogP contribution is 2.35. The lowest BCUT2D eigenvalue weighted by Crippen LogP contribution is -2.22. The minimum atomic E-state index is -3.64. The van der Waals surface area contributed by atoms with Gasteiger partial charge in [-0.3, -0.25) is 0 Å². The number of halogens is 2.